The largest absolute Gasteiger partial charge is 0.493 e. The van der Waals surface area contributed by atoms with E-state index in [2.05, 4.69) is 21.4 Å². The maximum atomic E-state index is 12.5. The Morgan fingerprint density at radius 1 is 1.41 bits per heavy atom. The van der Waals surface area contributed by atoms with Crippen molar-refractivity contribution in [2.75, 3.05) is 17.7 Å². The molecule has 136 valence electrons. The number of ether oxygens (including phenoxy) is 1. The van der Waals surface area contributed by atoms with Crippen molar-refractivity contribution >= 4 is 28.5 Å². The van der Waals surface area contributed by atoms with E-state index < -0.39 is 0 Å². The van der Waals surface area contributed by atoms with Crippen molar-refractivity contribution < 1.29 is 9.53 Å². The van der Waals surface area contributed by atoms with Crippen LogP contribution in [0.2, 0.25) is 0 Å². The number of nitrogens with zero attached hydrogens (tertiary/aromatic N) is 3. The van der Waals surface area contributed by atoms with E-state index in [-0.39, 0.29) is 17.9 Å². The fourth-order valence-electron chi connectivity index (χ4n) is 3.25. The first-order chi connectivity index (χ1) is 13.1. The monoisotopic (exact) mass is 379 g/mol. The molecule has 1 spiro atoms. The van der Waals surface area contributed by atoms with Gasteiger partial charge >= 0.3 is 0 Å². The molecule has 0 saturated heterocycles. The summed E-state index contributed by atoms with van der Waals surface area (Å²) >= 11 is 1.54. The molecule has 2 aliphatic heterocycles. The third-order valence-electron chi connectivity index (χ3n) is 4.64. The van der Waals surface area contributed by atoms with Gasteiger partial charge in [-0.25, -0.2) is 0 Å². The lowest BCUT2D eigenvalue weighted by Gasteiger charge is -2.32. The lowest BCUT2D eigenvalue weighted by molar-refractivity contribution is 0.102. The van der Waals surface area contributed by atoms with Crippen molar-refractivity contribution in [3.63, 3.8) is 0 Å². The quantitative estimate of drug-likeness (QED) is 0.847. The zero-order valence-electron chi connectivity index (χ0n) is 14.4. The number of amidine groups is 1. The molecule has 1 amide bonds. The minimum Gasteiger partial charge on any atom is -0.493 e. The average molecular weight is 379 g/mol. The number of aliphatic imine (C=N–C) groups is 1. The van der Waals surface area contributed by atoms with Gasteiger partial charge < -0.3 is 15.8 Å². The van der Waals surface area contributed by atoms with E-state index in [1.54, 1.807) is 36.2 Å². The predicted octanol–water partition coefficient (Wildman–Crippen LogP) is 2.44. The van der Waals surface area contributed by atoms with Crippen LogP contribution >= 0.6 is 11.8 Å². The number of benzene rings is 1. The molecule has 1 aromatic heterocycles. The summed E-state index contributed by atoms with van der Waals surface area (Å²) in [4.78, 5) is 21.3. The predicted molar refractivity (Wildman–Crippen MR) is 104 cm³/mol. The molecule has 0 bridgehead atoms. The van der Waals surface area contributed by atoms with Crippen molar-refractivity contribution in [1.29, 1.82) is 5.26 Å². The molecular formula is C19H17N5O2S. The number of anilines is 1. The maximum Gasteiger partial charge on any atom is 0.274 e. The molecule has 0 fully saturated rings. The summed E-state index contributed by atoms with van der Waals surface area (Å²) in [6, 6.07) is 11.0. The van der Waals surface area contributed by atoms with Crippen molar-refractivity contribution in [2.24, 2.45) is 10.7 Å². The highest BCUT2D eigenvalue weighted by Crippen LogP contribution is 2.46. The molecule has 0 saturated carbocycles. The fourth-order valence-corrected chi connectivity index (χ4v) is 4.24. The number of amides is 1. The van der Waals surface area contributed by atoms with Crippen LogP contribution in [0.1, 0.15) is 28.0 Å². The SMILES string of the molecule is N#CCc1ccc(C(=O)Nc2ccc3c(c2)[C@]2(CCO3)CSC(N)=N2)nc1. The number of carbonyl (C=O) groups excluding carboxylic acids is 1. The fraction of sp³-hybridized carbons (Fsp3) is 0.263. The first kappa shape index (κ1) is 17.4. The molecule has 3 heterocycles. The van der Waals surface area contributed by atoms with Gasteiger partial charge in [0.15, 0.2) is 5.17 Å². The number of nitriles is 1. The molecule has 2 aromatic rings. The molecule has 0 aliphatic carbocycles. The van der Waals surface area contributed by atoms with Crippen LogP contribution in [-0.4, -0.2) is 28.4 Å². The summed E-state index contributed by atoms with van der Waals surface area (Å²) < 4.78 is 5.76. The number of hydrogen-bond acceptors (Lipinski definition) is 7. The average Bonchev–Trinajstić information content (AvgIpc) is 3.04. The Balaban J connectivity index is 1.58. The van der Waals surface area contributed by atoms with Crippen molar-refractivity contribution in [3.05, 3.63) is 53.3 Å². The van der Waals surface area contributed by atoms with E-state index in [1.807, 2.05) is 12.1 Å². The standard InChI is InChI=1S/C19H17N5O2S/c20-7-5-12-1-3-15(22-10-12)17(25)23-13-2-4-16-14(9-13)19(6-8-26-16)11-27-18(21)24-19/h1-4,9-10H,5-6,8,11H2,(H2,21,24)(H,23,25)/t19-/m0/s1. The van der Waals surface area contributed by atoms with E-state index >= 15 is 0 Å². The number of carbonyl (C=O) groups is 1. The number of rotatable bonds is 3. The first-order valence-electron chi connectivity index (χ1n) is 8.48. The normalized spacial score (nSPS) is 20.3. The Labute approximate surface area is 160 Å². The van der Waals surface area contributed by atoms with Gasteiger partial charge in [0.05, 0.1) is 19.1 Å². The zero-order valence-corrected chi connectivity index (χ0v) is 15.3. The second kappa shape index (κ2) is 6.93. The maximum absolute atomic E-state index is 12.5. The number of hydrogen-bond donors (Lipinski definition) is 2. The van der Waals surface area contributed by atoms with Gasteiger partial charge in [-0.1, -0.05) is 17.8 Å². The highest BCUT2D eigenvalue weighted by atomic mass is 32.2. The number of nitrogens with two attached hydrogens (primary N) is 1. The summed E-state index contributed by atoms with van der Waals surface area (Å²) in [7, 11) is 0. The molecule has 1 atom stereocenters. The summed E-state index contributed by atoms with van der Waals surface area (Å²) in [5.41, 5.74) is 8.17. The Hall–Kier alpha value is -3.05. The molecule has 0 unspecified atom stereocenters. The Morgan fingerprint density at radius 2 is 2.30 bits per heavy atom. The zero-order chi connectivity index (χ0) is 18.9. The van der Waals surface area contributed by atoms with Crippen LogP contribution < -0.4 is 15.8 Å². The number of thioether (sulfide) groups is 1. The van der Waals surface area contributed by atoms with Crippen LogP contribution in [0, 0.1) is 11.3 Å². The van der Waals surface area contributed by atoms with Crippen LogP contribution in [-0.2, 0) is 12.0 Å². The lowest BCUT2D eigenvalue weighted by atomic mass is 9.86. The molecule has 2 aliphatic rings. The van der Waals surface area contributed by atoms with Gasteiger partial charge in [-0.3, -0.25) is 14.8 Å². The molecule has 0 radical (unpaired) electrons. The van der Waals surface area contributed by atoms with E-state index in [0.29, 0.717) is 23.2 Å². The number of pyridine rings is 1. The van der Waals surface area contributed by atoms with Gasteiger partial charge in [-0.2, -0.15) is 5.26 Å². The topological polar surface area (TPSA) is 113 Å². The van der Waals surface area contributed by atoms with Gasteiger partial charge in [0.2, 0.25) is 0 Å². The van der Waals surface area contributed by atoms with Crippen LogP contribution in [0.3, 0.4) is 0 Å². The second-order valence-electron chi connectivity index (χ2n) is 6.42. The molecule has 7 nitrogen and oxygen atoms in total. The molecule has 4 rings (SSSR count). The molecule has 27 heavy (non-hydrogen) atoms. The highest BCUT2D eigenvalue weighted by molar-refractivity contribution is 8.14. The first-order valence-corrected chi connectivity index (χ1v) is 9.47. The Kier molecular flexibility index (Phi) is 4.46. The third kappa shape index (κ3) is 3.34. The van der Waals surface area contributed by atoms with Gasteiger partial charge in [-0.15, -0.1) is 0 Å². The summed E-state index contributed by atoms with van der Waals surface area (Å²) in [6.45, 7) is 0.592. The van der Waals surface area contributed by atoms with E-state index in [9.17, 15) is 4.79 Å². The van der Waals surface area contributed by atoms with Gasteiger partial charge in [0.1, 0.15) is 17.0 Å². The number of aromatic nitrogens is 1. The molecular weight excluding hydrogens is 362 g/mol. The van der Waals surface area contributed by atoms with Crippen LogP contribution in [0.5, 0.6) is 5.75 Å². The third-order valence-corrected chi connectivity index (χ3v) is 5.64. The minimum absolute atomic E-state index is 0.267. The van der Waals surface area contributed by atoms with Crippen LogP contribution in [0.25, 0.3) is 0 Å². The highest BCUT2D eigenvalue weighted by Gasteiger charge is 2.41. The summed E-state index contributed by atoms with van der Waals surface area (Å²) in [5.74, 6) is 1.24. The summed E-state index contributed by atoms with van der Waals surface area (Å²) in [6.07, 6.45) is 2.57. The Bertz CT molecular complexity index is 967. The number of fused-ring (bicyclic) bond motifs is 2. The van der Waals surface area contributed by atoms with Gasteiger partial charge in [0.25, 0.3) is 5.91 Å². The summed E-state index contributed by atoms with van der Waals surface area (Å²) in [5, 5.41) is 12.2. The van der Waals surface area contributed by atoms with Crippen molar-refractivity contribution in [3.8, 4) is 11.8 Å². The van der Waals surface area contributed by atoms with E-state index in [0.717, 1.165) is 29.1 Å². The number of nitrogens with one attached hydrogen (secondary N) is 1. The van der Waals surface area contributed by atoms with E-state index in [4.69, 9.17) is 15.7 Å². The Morgan fingerprint density at radius 3 is 3.00 bits per heavy atom. The molecule has 8 heteroatoms. The second-order valence-corrected chi connectivity index (χ2v) is 7.42. The molecule has 3 N–H and O–H groups in total. The smallest absolute Gasteiger partial charge is 0.274 e. The van der Waals surface area contributed by atoms with E-state index in [1.165, 1.54) is 0 Å². The molecule has 1 aromatic carbocycles. The van der Waals surface area contributed by atoms with Crippen LogP contribution in [0.4, 0.5) is 5.69 Å². The minimum atomic E-state index is -0.389. The van der Waals surface area contributed by atoms with Crippen LogP contribution in [0.15, 0.2) is 41.5 Å². The lowest BCUT2D eigenvalue weighted by Crippen LogP contribution is -2.32. The van der Waals surface area contributed by atoms with Crippen molar-refractivity contribution in [2.45, 2.75) is 18.4 Å². The van der Waals surface area contributed by atoms with Gasteiger partial charge in [0, 0.05) is 29.6 Å². The van der Waals surface area contributed by atoms with Crippen molar-refractivity contribution in [1.82, 2.24) is 4.98 Å². The van der Waals surface area contributed by atoms with Gasteiger partial charge in [-0.05, 0) is 29.8 Å².